The molecule has 2 aromatic rings. The number of aryl methyl sites for hydroxylation is 1. The number of carbonyl (C=O) groups excluding carboxylic acids is 1. The van der Waals surface area contributed by atoms with E-state index in [0.29, 0.717) is 11.3 Å². The quantitative estimate of drug-likeness (QED) is 0.829. The molecule has 0 atom stereocenters. The van der Waals surface area contributed by atoms with Crippen LogP contribution in [0.4, 0.5) is 5.69 Å². The third-order valence-corrected chi connectivity index (χ3v) is 2.40. The van der Waals surface area contributed by atoms with Gasteiger partial charge in [-0.3, -0.25) is 9.78 Å². The summed E-state index contributed by atoms with van der Waals surface area (Å²) >= 11 is 0. The highest BCUT2D eigenvalue weighted by Crippen LogP contribution is 2.15. The largest absolute Gasteiger partial charge is 0.508 e. The van der Waals surface area contributed by atoms with Crippen LogP contribution < -0.4 is 5.32 Å². The number of phenolic OH excluding ortho intramolecular Hbond substituents is 1. The fourth-order valence-corrected chi connectivity index (χ4v) is 1.44. The molecule has 2 N–H and O–H groups in total. The van der Waals surface area contributed by atoms with Crippen LogP contribution in [0.2, 0.25) is 0 Å². The molecule has 0 radical (unpaired) electrons. The van der Waals surface area contributed by atoms with Crippen LogP contribution in [0.5, 0.6) is 5.75 Å². The van der Waals surface area contributed by atoms with Crippen LogP contribution in [0.3, 0.4) is 0 Å². The molecule has 1 amide bonds. The number of amides is 1. The predicted octanol–water partition coefficient (Wildman–Crippen LogP) is 2.35. The van der Waals surface area contributed by atoms with Crippen molar-refractivity contribution in [3.05, 3.63) is 53.9 Å². The highest BCUT2D eigenvalue weighted by molar-refractivity contribution is 6.04. The van der Waals surface area contributed by atoms with E-state index in [1.54, 1.807) is 24.5 Å². The van der Waals surface area contributed by atoms with Crippen molar-refractivity contribution in [2.75, 3.05) is 5.32 Å². The molecule has 0 aliphatic rings. The second-order valence-corrected chi connectivity index (χ2v) is 3.70. The van der Waals surface area contributed by atoms with Crippen molar-refractivity contribution in [3.8, 4) is 5.75 Å². The molecule has 1 aromatic heterocycles. The van der Waals surface area contributed by atoms with Gasteiger partial charge in [-0.1, -0.05) is 6.07 Å². The Morgan fingerprint density at radius 3 is 2.88 bits per heavy atom. The van der Waals surface area contributed by atoms with Crippen LogP contribution in [0, 0.1) is 6.92 Å². The number of rotatable bonds is 2. The van der Waals surface area contributed by atoms with Gasteiger partial charge in [-0.05, 0) is 36.8 Å². The standard InChI is InChI=1S/C13H12N2O2/c1-9-5-6-14-8-12(9)15-13(17)10-3-2-4-11(16)7-10/h2-8,16H,1H3,(H,15,17). The number of nitrogens with one attached hydrogen (secondary N) is 1. The summed E-state index contributed by atoms with van der Waals surface area (Å²) in [5, 5.41) is 12.0. The number of hydrogen-bond donors (Lipinski definition) is 2. The smallest absolute Gasteiger partial charge is 0.255 e. The number of aromatic hydroxyl groups is 1. The fourth-order valence-electron chi connectivity index (χ4n) is 1.44. The molecule has 0 aliphatic carbocycles. The van der Waals surface area contributed by atoms with Gasteiger partial charge < -0.3 is 10.4 Å². The predicted molar refractivity (Wildman–Crippen MR) is 65.0 cm³/mol. The van der Waals surface area contributed by atoms with Crippen molar-refractivity contribution in [1.82, 2.24) is 4.98 Å². The summed E-state index contributed by atoms with van der Waals surface area (Å²) in [6.45, 7) is 1.89. The summed E-state index contributed by atoms with van der Waals surface area (Å²) in [5.41, 5.74) is 2.02. The lowest BCUT2D eigenvalue weighted by Crippen LogP contribution is -2.12. The first kappa shape index (κ1) is 11.1. The van der Waals surface area contributed by atoms with Crippen LogP contribution in [0.15, 0.2) is 42.7 Å². The zero-order chi connectivity index (χ0) is 12.3. The van der Waals surface area contributed by atoms with Crippen molar-refractivity contribution in [2.45, 2.75) is 6.92 Å². The summed E-state index contributed by atoms with van der Waals surface area (Å²) in [5.74, 6) is -0.197. The normalized spacial score (nSPS) is 9.94. The molecule has 1 aromatic carbocycles. The van der Waals surface area contributed by atoms with Crippen molar-refractivity contribution >= 4 is 11.6 Å². The first-order valence-corrected chi connectivity index (χ1v) is 5.18. The molecule has 0 spiro atoms. The lowest BCUT2D eigenvalue weighted by atomic mass is 10.2. The minimum absolute atomic E-state index is 0.0700. The van der Waals surface area contributed by atoms with Crippen LogP contribution in [0.1, 0.15) is 15.9 Å². The summed E-state index contributed by atoms with van der Waals surface area (Å²) in [6.07, 6.45) is 3.26. The lowest BCUT2D eigenvalue weighted by Gasteiger charge is -2.07. The van der Waals surface area contributed by atoms with Crippen LogP contribution in [-0.2, 0) is 0 Å². The molecule has 0 fully saturated rings. The average molecular weight is 228 g/mol. The molecule has 17 heavy (non-hydrogen) atoms. The van der Waals surface area contributed by atoms with Crippen molar-refractivity contribution in [1.29, 1.82) is 0 Å². The van der Waals surface area contributed by atoms with Crippen LogP contribution in [-0.4, -0.2) is 16.0 Å². The minimum Gasteiger partial charge on any atom is -0.508 e. The van der Waals surface area contributed by atoms with E-state index in [1.165, 1.54) is 12.1 Å². The van der Waals surface area contributed by atoms with Crippen molar-refractivity contribution in [2.24, 2.45) is 0 Å². The van der Waals surface area contributed by atoms with Crippen LogP contribution >= 0.6 is 0 Å². The third-order valence-electron chi connectivity index (χ3n) is 2.40. The number of phenols is 1. The highest BCUT2D eigenvalue weighted by atomic mass is 16.3. The molecule has 2 rings (SSSR count). The first-order valence-electron chi connectivity index (χ1n) is 5.18. The molecule has 4 nitrogen and oxygen atoms in total. The van der Waals surface area contributed by atoms with Crippen molar-refractivity contribution < 1.29 is 9.90 Å². The minimum atomic E-state index is -0.267. The van der Waals surface area contributed by atoms with Crippen molar-refractivity contribution in [3.63, 3.8) is 0 Å². The summed E-state index contributed by atoms with van der Waals surface area (Å²) in [7, 11) is 0. The molecule has 0 unspecified atom stereocenters. The third kappa shape index (κ3) is 2.60. The maximum atomic E-state index is 11.9. The van der Waals surface area contributed by atoms with Gasteiger partial charge in [0.15, 0.2) is 0 Å². The van der Waals surface area contributed by atoms with E-state index in [2.05, 4.69) is 10.3 Å². The Balaban J connectivity index is 2.20. The number of carbonyl (C=O) groups is 1. The zero-order valence-electron chi connectivity index (χ0n) is 9.34. The molecule has 0 bridgehead atoms. The molecule has 1 heterocycles. The van der Waals surface area contributed by atoms with Gasteiger partial charge in [-0.15, -0.1) is 0 Å². The lowest BCUT2D eigenvalue weighted by molar-refractivity contribution is 0.102. The number of nitrogens with zero attached hydrogens (tertiary/aromatic N) is 1. The van der Waals surface area contributed by atoms with Crippen LogP contribution in [0.25, 0.3) is 0 Å². The zero-order valence-corrected chi connectivity index (χ0v) is 9.34. The Hall–Kier alpha value is -2.36. The van der Waals surface area contributed by atoms with Gasteiger partial charge in [0.25, 0.3) is 5.91 Å². The number of pyridine rings is 1. The fraction of sp³-hybridized carbons (Fsp3) is 0.0769. The topological polar surface area (TPSA) is 62.2 Å². The van der Waals surface area contributed by atoms with E-state index >= 15 is 0 Å². The van der Waals surface area contributed by atoms with Gasteiger partial charge in [0.1, 0.15) is 5.75 Å². The molecule has 86 valence electrons. The number of hydrogen-bond acceptors (Lipinski definition) is 3. The second-order valence-electron chi connectivity index (χ2n) is 3.70. The Kier molecular flexibility index (Phi) is 3.05. The Bertz CT molecular complexity index is 553. The van der Waals surface area contributed by atoms with E-state index in [1.807, 2.05) is 13.0 Å². The maximum Gasteiger partial charge on any atom is 0.255 e. The maximum absolute atomic E-state index is 11.9. The Morgan fingerprint density at radius 1 is 1.35 bits per heavy atom. The number of benzene rings is 1. The van der Waals surface area contributed by atoms with Gasteiger partial charge in [-0.25, -0.2) is 0 Å². The molecule has 0 saturated carbocycles. The first-order chi connectivity index (χ1) is 8.16. The van der Waals surface area contributed by atoms with Gasteiger partial charge >= 0.3 is 0 Å². The summed E-state index contributed by atoms with van der Waals surface area (Å²) in [4.78, 5) is 15.8. The average Bonchev–Trinajstić information content (AvgIpc) is 2.32. The van der Waals surface area contributed by atoms with Gasteiger partial charge in [-0.2, -0.15) is 0 Å². The summed E-state index contributed by atoms with van der Waals surface area (Å²) < 4.78 is 0. The Morgan fingerprint density at radius 2 is 2.18 bits per heavy atom. The number of aromatic nitrogens is 1. The molecule has 0 saturated heterocycles. The highest BCUT2D eigenvalue weighted by Gasteiger charge is 2.07. The van der Waals surface area contributed by atoms with Gasteiger partial charge in [0.05, 0.1) is 11.9 Å². The number of anilines is 1. The molecule has 0 aliphatic heterocycles. The molecular formula is C13H12N2O2. The van der Waals surface area contributed by atoms with E-state index in [9.17, 15) is 9.90 Å². The van der Waals surface area contributed by atoms with E-state index < -0.39 is 0 Å². The molecule has 4 heteroatoms. The monoisotopic (exact) mass is 228 g/mol. The van der Waals surface area contributed by atoms with E-state index in [0.717, 1.165) is 5.56 Å². The van der Waals surface area contributed by atoms with E-state index in [4.69, 9.17) is 0 Å². The summed E-state index contributed by atoms with van der Waals surface area (Å²) in [6, 6.07) is 8.02. The second kappa shape index (κ2) is 4.65. The SMILES string of the molecule is Cc1ccncc1NC(=O)c1cccc(O)c1. The van der Waals surface area contributed by atoms with Gasteiger partial charge in [0, 0.05) is 11.8 Å². The van der Waals surface area contributed by atoms with E-state index in [-0.39, 0.29) is 11.7 Å². The molecular weight excluding hydrogens is 216 g/mol. The Labute approximate surface area is 98.9 Å². The van der Waals surface area contributed by atoms with Gasteiger partial charge in [0.2, 0.25) is 0 Å².